The monoisotopic (exact) mass is 565 g/mol. The molecule has 2 unspecified atom stereocenters. The third-order valence-corrected chi connectivity index (χ3v) is 9.37. The molecule has 0 radical (unpaired) electrons. The minimum absolute atomic E-state index is 0.0373. The number of carboxylic acid groups (broad SMARTS) is 1. The Bertz CT molecular complexity index is 1500. The van der Waals surface area contributed by atoms with Gasteiger partial charge in [-0.2, -0.15) is 0 Å². The zero-order chi connectivity index (χ0) is 28.1. The Kier molecular flexibility index (Phi) is 7.00. The smallest absolute Gasteiger partial charge is 0.335 e. The number of anilines is 1. The molecule has 3 N–H and O–H groups in total. The molecule has 3 fully saturated rings. The van der Waals surface area contributed by atoms with Crippen LogP contribution in [-0.2, 0) is 9.53 Å². The lowest BCUT2D eigenvalue weighted by molar-refractivity contribution is -0.117. The molecule has 1 aromatic heterocycles. The number of hydrogen-bond donors (Lipinski definition) is 2. The number of aryl methyl sites for hydroxylation is 1. The van der Waals surface area contributed by atoms with Gasteiger partial charge in [-0.15, -0.1) is 0 Å². The number of carbonyl (C=O) groups excluding carboxylic acids is 1. The third-order valence-electron chi connectivity index (χ3n) is 8.35. The second kappa shape index (κ2) is 10.5. The van der Waals surface area contributed by atoms with E-state index in [0.29, 0.717) is 22.4 Å². The lowest BCUT2D eigenvalue weighted by atomic mass is 9.97. The summed E-state index contributed by atoms with van der Waals surface area (Å²) in [6, 6.07) is 8.37. The van der Waals surface area contributed by atoms with Gasteiger partial charge in [-0.05, 0) is 69.2 Å². The number of rotatable bonds is 9. The lowest BCUT2D eigenvalue weighted by Gasteiger charge is -2.38. The van der Waals surface area contributed by atoms with E-state index in [9.17, 15) is 19.1 Å². The number of methoxy groups -OCH3 is 1. The van der Waals surface area contributed by atoms with E-state index >= 15 is 0 Å². The molecule has 210 valence electrons. The van der Waals surface area contributed by atoms with E-state index < -0.39 is 11.8 Å². The summed E-state index contributed by atoms with van der Waals surface area (Å²) in [7, 11) is 1.52. The molecular weight excluding hydrogens is 533 g/mol. The molecule has 0 amide bonds. The number of carbonyl (C=O) groups is 2. The number of aromatic carboxylic acids is 1. The van der Waals surface area contributed by atoms with Gasteiger partial charge in [0, 0.05) is 29.1 Å². The highest BCUT2D eigenvalue weighted by Gasteiger charge is 2.43. The second-order valence-corrected chi connectivity index (χ2v) is 12.0. The zero-order valence-corrected chi connectivity index (χ0v) is 23.3. The van der Waals surface area contributed by atoms with Crippen molar-refractivity contribution in [3.8, 4) is 5.75 Å². The molecule has 8 nitrogen and oxygen atoms in total. The van der Waals surface area contributed by atoms with Crippen molar-refractivity contribution < 1.29 is 28.6 Å². The van der Waals surface area contributed by atoms with Crippen LogP contribution in [0.5, 0.6) is 5.75 Å². The molecule has 3 atom stereocenters. The van der Waals surface area contributed by atoms with Gasteiger partial charge in [-0.25, -0.2) is 14.2 Å². The fraction of sp³-hybridized carbons (Fsp3) is 0.433. The normalized spacial score (nSPS) is 22.9. The van der Waals surface area contributed by atoms with Gasteiger partial charge >= 0.3 is 5.97 Å². The predicted octanol–water partition coefficient (Wildman–Crippen LogP) is 5.32. The molecule has 2 aliphatic heterocycles. The van der Waals surface area contributed by atoms with Crippen LogP contribution in [0.2, 0.25) is 0 Å². The Morgan fingerprint density at radius 3 is 2.52 bits per heavy atom. The third kappa shape index (κ3) is 4.83. The lowest BCUT2D eigenvalue weighted by Crippen LogP contribution is -2.45. The zero-order valence-electron chi connectivity index (χ0n) is 22.5. The molecular formula is C30H32FN3O5S. The van der Waals surface area contributed by atoms with Crippen molar-refractivity contribution in [1.29, 1.82) is 0 Å². The number of fused-ring (bicyclic) bond motifs is 3. The van der Waals surface area contributed by atoms with Gasteiger partial charge in [0.15, 0.2) is 10.9 Å². The fourth-order valence-electron chi connectivity index (χ4n) is 6.15. The Hall–Kier alpha value is -3.50. The van der Waals surface area contributed by atoms with E-state index in [1.807, 2.05) is 0 Å². The molecule has 3 aromatic rings. The number of ketones is 1. The van der Waals surface area contributed by atoms with Crippen LogP contribution in [0, 0.1) is 18.7 Å². The first-order chi connectivity index (χ1) is 19.2. The Balaban J connectivity index is 1.21. The average Bonchev–Trinajstić information content (AvgIpc) is 3.63. The molecule has 0 spiro atoms. The predicted molar refractivity (Wildman–Crippen MR) is 151 cm³/mol. The van der Waals surface area contributed by atoms with Gasteiger partial charge in [0.05, 0.1) is 35.8 Å². The summed E-state index contributed by atoms with van der Waals surface area (Å²) in [6.45, 7) is 1.86. The van der Waals surface area contributed by atoms with Crippen LogP contribution in [0.4, 0.5) is 9.52 Å². The van der Waals surface area contributed by atoms with Gasteiger partial charge in [-0.1, -0.05) is 23.5 Å². The number of piperidine rings is 1. The standard InChI is InChI=1S/C30H32FN3O5S/c1-15-4-3-5-22(31)25(15)26(32)21(28(35)16-6-7-16)14-39-20-12-18-8-9-19(13-20)34(18)30-33-27-23(38-2)10-17(29(36)37)11-24(27)40-30/h3-5,10-11,16,18-20H,6-9,12-14,32H2,1-2H3,(H,36,37)/t18-,19?,20?/m0/s1. The van der Waals surface area contributed by atoms with E-state index in [4.69, 9.17) is 20.2 Å². The van der Waals surface area contributed by atoms with Crippen LogP contribution in [0.1, 0.15) is 60.0 Å². The second-order valence-electron chi connectivity index (χ2n) is 11.0. The topological polar surface area (TPSA) is 115 Å². The fourth-order valence-corrected chi connectivity index (χ4v) is 7.32. The van der Waals surface area contributed by atoms with E-state index in [1.54, 1.807) is 25.1 Å². The Morgan fingerprint density at radius 1 is 1.18 bits per heavy atom. The Labute approximate surface area is 235 Å². The number of thiazole rings is 1. The van der Waals surface area contributed by atoms with E-state index in [-0.39, 0.29) is 53.3 Å². The maximum absolute atomic E-state index is 14.7. The van der Waals surface area contributed by atoms with Gasteiger partial charge in [0.2, 0.25) is 0 Å². The van der Waals surface area contributed by atoms with Gasteiger partial charge < -0.3 is 25.2 Å². The van der Waals surface area contributed by atoms with Crippen LogP contribution < -0.4 is 15.4 Å². The first kappa shape index (κ1) is 26.7. The van der Waals surface area contributed by atoms with Crippen LogP contribution in [0.15, 0.2) is 35.9 Å². The highest BCUT2D eigenvalue weighted by Crippen LogP contribution is 2.44. The maximum atomic E-state index is 14.7. The van der Waals surface area contributed by atoms with Crippen LogP contribution in [-0.4, -0.2) is 53.7 Å². The van der Waals surface area contributed by atoms with E-state index in [1.165, 1.54) is 30.6 Å². The molecule has 1 saturated carbocycles. The number of hydrogen-bond acceptors (Lipinski definition) is 8. The van der Waals surface area contributed by atoms with Crippen LogP contribution in [0.25, 0.3) is 15.9 Å². The van der Waals surface area contributed by atoms with E-state index in [2.05, 4.69) is 4.90 Å². The molecule has 1 aliphatic carbocycles. The molecule has 40 heavy (non-hydrogen) atoms. The van der Waals surface area contributed by atoms with Gasteiger partial charge in [-0.3, -0.25) is 4.79 Å². The number of carboxylic acids is 1. The highest BCUT2D eigenvalue weighted by atomic mass is 32.1. The van der Waals surface area contributed by atoms with Gasteiger partial charge in [0.25, 0.3) is 0 Å². The van der Waals surface area contributed by atoms with Crippen molar-refractivity contribution in [2.75, 3.05) is 18.6 Å². The van der Waals surface area contributed by atoms with E-state index in [0.717, 1.165) is 48.4 Å². The summed E-state index contributed by atoms with van der Waals surface area (Å²) < 4.78 is 27.3. The maximum Gasteiger partial charge on any atom is 0.335 e. The van der Waals surface area contributed by atoms with Crippen LogP contribution in [0.3, 0.4) is 0 Å². The molecule has 2 aromatic carbocycles. The number of Topliss-reactive ketones (excluding diaryl/α,β-unsaturated/α-hetero) is 1. The van der Waals surface area contributed by atoms with Crippen LogP contribution >= 0.6 is 11.3 Å². The number of aromatic nitrogens is 1. The van der Waals surface area contributed by atoms with Crippen molar-refractivity contribution in [2.24, 2.45) is 11.7 Å². The van der Waals surface area contributed by atoms with Crippen molar-refractivity contribution >= 4 is 44.1 Å². The quantitative estimate of drug-likeness (QED) is 0.335. The van der Waals surface area contributed by atoms with Gasteiger partial charge in [0.1, 0.15) is 17.1 Å². The largest absolute Gasteiger partial charge is 0.494 e. The first-order valence-electron chi connectivity index (χ1n) is 13.6. The summed E-state index contributed by atoms with van der Waals surface area (Å²) in [4.78, 5) is 32.0. The summed E-state index contributed by atoms with van der Waals surface area (Å²) >= 11 is 1.48. The SMILES string of the molecule is COc1cc(C(=O)O)cc2sc(N3C4CC[C@H]3CC(OCC(C(=O)C3CC3)=C(N)c3c(C)cccc3F)C4)nc12. The summed E-state index contributed by atoms with van der Waals surface area (Å²) in [5.74, 6) is -1.09. The van der Waals surface area contributed by atoms with Crippen molar-refractivity contribution in [3.63, 3.8) is 0 Å². The highest BCUT2D eigenvalue weighted by molar-refractivity contribution is 7.22. The number of nitrogens with zero attached hydrogens (tertiary/aromatic N) is 2. The molecule has 3 heterocycles. The summed E-state index contributed by atoms with van der Waals surface area (Å²) in [5.41, 5.74) is 8.81. The number of nitrogens with two attached hydrogens (primary N) is 1. The number of halogens is 1. The molecule has 3 aliphatic rings. The number of ether oxygens (including phenoxy) is 2. The first-order valence-corrected chi connectivity index (χ1v) is 14.5. The molecule has 2 bridgehead atoms. The molecule has 10 heteroatoms. The summed E-state index contributed by atoms with van der Waals surface area (Å²) in [5, 5.41) is 10.3. The average molecular weight is 566 g/mol. The number of benzene rings is 2. The molecule has 2 saturated heterocycles. The van der Waals surface area contributed by atoms with Crippen molar-refractivity contribution in [1.82, 2.24) is 4.98 Å². The minimum Gasteiger partial charge on any atom is -0.494 e. The minimum atomic E-state index is -1.01. The van der Waals surface area contributed by atoms with Crippen molar-refractivity contribution in [3.05, 3.63) is 58.4 Å². The molecule has 6 rings (SSSR count). The summed E-state index contributed by atoms with van der Waals surface area (Å²) in [6.07, 6.45) is 5.13. The van der Waals surface area contributed by atoms with Crippen molar-refractivity contribution in [2.45, 2.75) is 63.6 Å². The Morgan fingerprint density at radius 2 is 1.90 bits per heavy atom.